The first kappa shape index (κ1) is 23.0. The summed E-state index contributed by atoms with van der Waals surface area (Å²) in [5.41, 5.74) is 5.62. The molecule has 0 aliphatic carbocycles. The minimum atomic E-state index is -4.41. The van der Waals surface area contributed by atoms with E-state index >= 15 is 0 Å². The fourth-order valence-corrected chi connectivity index (χ4v) is 2.73. The molecule has 5 nitrogen and oxygen atoms in total. The van der Waals surface area contributed by atoms with Crippen molar-refractivity contribution in [3.8, 4) is 0 Å². The molecule has 0 spiro atoms. The molecule has 0 aromatic heterocycles. The van der Waals surface area contributed by atoms with E-state index in [0.717, 1.165) is 4.90 Å². The lowest BCUT2D eigenvalue weighted by molar-refractivity contribution is -0.164. The zero-order chi connectivity index (χ0) is 17.6. The highest BCUT2D eigenvalue weighted by Crippen LogP contribution is 2.23. The first-order valence-corrected chi connectivity index (χ1v) is 8.03. The summed E-state index contributed by atoms with van der Waals surface area (Å²) < 4.78 is 37.6. The molecule has 0 aromatic rings. The molecule has 0 saturated carbocycles. The zero-order valence-electron chi connectivity index (χ0n) is 14.1. The van der Waals surface area contributed by atoms with E-state index < -0.39 is 24.5 Å². The fraction of sp³-hybridized carbons (Fsp3) is 0.867. The number of amides is 2. The van der Waals surface area contributed by atoms with Gasteiger partial charge in [-0.25, -0.2) is 0 Å². The number of hydrogen-bond acceptors (Lipinski definition) is 3. The topological polar surface area (TPSA) is 66.6 Å². The summed E-state index contributed by atoms with van der Waals surface area (Å²) in [6.07, 6.45) is -2.40. The van der Waals surface area contributed by atoms with Gasteiger partial charge in [0.2, 0.25) is 11.8 Å². The van der Waals surface area contributed by atoms with E-state index in [2.05, 4.69) is 0 Å². The fourth-order valence-electron chi connectivity index (χ4n) is 2.73. The smallest absolute Gasteiger partial charge is 0.342 e. The van der Waals surface area contributed by atoms with Gasteiger partial charge in [-0.05, 0) is 33.1 Å². The van der Waals surface area contributed by atoms with Crippen molar-refractivity contribution in [2.45, 2.75) is 51.7 Å². The first-order valence-electron chi connectivity index (χ1n) is 8.03. The van der Waals surface area contributed by atoms with Crippen molar-refractivity contribution in [2.24, 2.45) is 11.7 Å². The Morgan fingerprint density at radius 3 is 2.50 bits per heavy atom. The normalized spacial score (nSPS) is 19.4. The SMILES string of the molecule is CCN(CC(F)(F)F)C(=O)C1CCCN(C(=O)CCC(C)N)C1.Cl. The highest BCUT2D eigenvalue weighted by molar-refractivity contribution is 5.85. The molecule has 2 unspecified atom stereocenters. The van der Waals surface area contributed by atoms with Gasteiger partial charge in [0, 0.05) is 32.1 Å². The van der Waals surface area contributed by atoms with Gasteiger partial charge >= 0.3 is 6.18 Å². The van der Waals surface area contributed by atoms with E-state index in [-0.39, 0.29) is 37.4 Å². The molecule has 24 heavy (non-hydrogen) atoms. The Kier molecular flexibility index (Phi) is 9.65. The van der Waals surface area contributed by atoms with Gasteiger partial charge in [0.1, 0.15) is 6.54 Å². The number of alkyl halides is 3. The van der Waals surface area contributed by atoms with E-state index in [9.17, 15) is 22.8 Å². The van der Waals surface area contributed by atoms with Crippen LogP contribution in [0.5, 0.6) is 0 Å². The molecule has 0 aromatic carbocycles. The lowest BCUT2D eigenvalue weighted by Crippen LogP contribution is -2.48. The van der Waals surface area contributed by atoms with Gasteiger partial charge < -0.3 is 15.5 Å². The third kappa shape index (κ3) is 7.70. The number of hydrogen-bond donors (Lipinski definition) is 1. The number of halogens is 4. The van der Waals surface area contributed by atoms with E-state index in [4.69, 9.17) is 5.73 Å². The van der Waals surface area contributed by atoms with Crippen LogP contribution in [0.2, 0.25) is 0 Å². The Bertz CT molecular complexity index is 419. The molecule has 2 amide bonds. The average molecular weight is 374 g/mol. The number of nitrogens with zero attached hydrogens (tertiary/aromatic N) is 2. The largest absolute Gasteiger partial charge is 0.406 e. The van der Waals surface area contributed by atoms with Gasteiger partial charge in [-0.3, -0.25) is 9.59 Å². The minimum absolute atomic E-state index is 0. The number of carbonyl (C=O) groups is 2. The predicted octanol–water partition coefficient (Wildman–Crippen LogP) is 2.19. The number of nitrogens with two attached hydrogens (primary N) is 1. The Balaban J connectivity index is 0.00000529. The molecular weight excluding hydrogens is 347 g/mol. The second kappa shape index (κ2) is 10.1. The van der Waals surface area contributed by atoms with Crippen LogP contribution in [-0.2, 0) is 9.59 Å². The average Bonchev–Trinajstić information content (AvgIpc) is 2.48. The number of piperidine rings is 1. The van der Waals surface area contributed by atoms with Gasteiger partial charge in [-0.15, -0.1) is 12.4 Å². The van der Waals surface area contributed by atoms with Gasteiger partial charge in [-0.1, -0.05) is 0 Å². The molecular formula is C15H27ClF3N3O2. The molecule has 0 radical (unpaired) electrons. The molecule has 1 rings (SSSR count). The molecule has 2 N–H and O–H groups in total. The molecule has 142 valence electrons. The first-order chi connectivity index (χ1) is 10.6. The van der Waals surface area contributed by atoms with Crippen LogP contribution in [0.3, 0.4) is 0 Å². The van der Waals surface area contributed by atoms with Crippen molar-refractivity contribution in [1.29, 1.82) is 0 Å². The quantitative estimate of drug-likeness (QED) is 0.776. The number of rotatable bonds is 6. The van der Waals surface area contributed by atoms with Gasteiger partial charge in [0.25, 0.3) is 0 Å². The van der Waals surface area contributed by atoms with E-state index in [1.54, 1.807) is 4.90 Å². The molecule has 1 aliphatic rings. The Hall–Kier alpha value is -1.02. The molecule has 1 aliphatic heterocycles. The van der Waals surface area contributed by atoms with E-state index in [1.165, 1.54) is 6.92 Å². The van der Waals surface area contributed by atoms with Crippen molar-refractivity contribution in [3.05, 3.63) is 0 Å². The summed E-state index contributed by atoms with van der Waals surface area (Å²) in [5.74, 6) is -1.15. The van der Waals surface area contributed by atoms with Crippen LogP contribution in [0.15, 0.2) is 0 Å². The van der Waals surface area contributed by atoms with Crippen LogP contribution in [0.25, 0.3) is 0 Å². The third-order valence-electron chi connectivity index (χ3n) is 4.00. The summed E-state index contributed by atoms with van der Waals surface area (Å²) in [7, 11) is 0. The van der Waals surface area contributed by atoms with Crippen molar-refractivity contribution >= 4 is 24.2 Å². The maximum atomic E-state index is 12.5. The molecule has 1 saturated heterocycles. The summed E-state index contributed by atoms with van der Waals surface area (Å²) >= 11 is 0. The highest BCUT2D eigenvalue weighted by Gasteiger charge is 2.36. The lowest BCUT2D eigenvalue weighted by atomic mass is 9.96. The Labute approximate surface area is 147 Å². The Morgan fingerprint density at radius 2 is 2.00 bits per heavy atom. The lowest BCUT2D eigenvalue weighted by Gasteiger charge is -2.35. The number of likely N-dealkylation sites (tertiary alicyclic amines) is 1. The van der Waals surface area contributed by atoms with E-state index in [1.807, 2.05) is 6.92 Å². The predicted molar refractivity (Wildman–Crippen MR) is 87.7 cm³/mol. The molecule has 9 heteroatoms. The molecule has 1 fully saturated rings. The minimum Gasteiger partial charge on any atom is -0.342 e. The van der Waals surface area contributed by atoms with Crippen molar-refractivity contribution in [1.82, 2.24) is 9.80 Å². The second-order valence-electron chi connectivity index (χ2n) is 6.16. The number of carbonyl (C=O) groups excluding carboxylic acids is 2. The molecule has 1 heterocycles. The summed E-state index contributed by atoms with van der Waals surface area (Å²) in [4.78, 5) is 26.8. The second-order valence-corrected chi connectivity index (χ2v) is 6.16. The van der Waals surface area contributed by atoms with Crippen molar-refractivity contribution in [2.75, 3.05) is 26.2 Å². The maximum Gasteiger partial charge on any atom is 0.406 e. The summed E-state index contributed by atoms with van der Waals surface area (Å²) in [6, 6.07) is -0.0801. The van der Waals surface area contributed by atoms with Crippen LogP contribution in [0.4, 0.5) is 13.2 Å². The Morgan fingerprint density at radius 1 is 1.38 bits per heavy atom. The molecule has 2 atom stereocenters. The van der Waals surface area contributed by atoms with Crippen molar-refractivity contribution < 1.29 is 22.8 Å². The van der Waals surface area contributed by atoms with Crippen LogP contribution in [0, 0.1) is 5.92 Å². The zero-order valence-corrected chi connectivity index (χ0v) is 15.0. The summed E-state index contributed by atoms with van der Waals surface area (Å²) in [6.45, 7) is 2.85. The van der Waals surface area contributed by atoms with Crippen LogP contribution >= 0.6 is 12.4 Å². The monoisotopic (exact) mass is 373 g/mol. The van der Waals surface area contributed by atoms with Crippen LogP contribution in [0.1, 0.15) is 39.5 Å². The summed E-state index contributed by atoms with van der Waals surface area (Å²) in [5, 5.41) is 0. The standard InChI is InChI=1S/C15H26F3N3O2.ClH/c1-3-20(10-15(16,17)18)14(23)12-5-4-8-21(9-12)13(22)7-6-11(2)19;/h11-12H,3-10,19H2,1-2H3;1H. The van der Waals surface area contributed by atoms with E-state index in [0.29, 0.717) is 32.2 Å². The molecule has 0 bridgehead atoms. The highest BCUT2D eigenvalue weighted by atomic mass is 35.5. The van der Waals surface area contributed by atoms with Gasteiger partial charge in [-0.2, -0.15) is 13.2 Å². The third-order valence-corrected chi connectivity index (χ3v) is 4.00. The van der Waals surface area contributed by atoms with Crippen LogP contribution in [-0.4, -0.2) is 60.0 Å². The van der Waals surface area contributed by atoms with Crippen LogP contribution < -0.4 is 5.73 Å². The van der Waals surface area contributed by atoms with Gasteiger partial charge in [0.15, 0.2) is 0 Å². The van der Waals surface area contributed by atoms with Crippen molar-refractivity contribution in [3.63, 3.8) is 0 Å². The maximum absolute atomic E-state index is 12.5. The van der Waals surface area contributed by atoms with Gasteiger partial charge in [0.05, 0.1) is 5.92 Å².